The van der Waals surface area contributed by atoms with Gasteiger partial charge in [0, 0.05) is 24.4 Å². The Morgan fingerprint density at radius 2 is 2.24 bits per heavy atom. The molecule has 1 saturated heterocycles. The topological polar surface area (TPSA) is 97.1 Å². The van der Waals surface area contributed by atoms with Gasteiger partial charge in [0.1, 0.15) is 17.7 Å². The molecule has 8 nitrogen and oxygen atoms in total. The Morgan fingerprint density at radius 3 is 2.88 bits per heavy atom. The number of nitrogens with one attached hydrogen (secondary N) is 1. The van der Waals surface area contributed by atoms with E-state index in [2.05, 4.69) is 20.3 Å². The maximum atomic E-state index is 12.9. The average molecular weight is 347 g/mol. The first-order valence-electron chi connectivity index (χ1n) is 8.72. The van der Waals surface area contributed by atoms with Crippen LogP contribution in [0.4, 0.5) is 0 Å². The maximum Gasteiger partial charge on any atom is 0.225 e. The summed E-state index contributed by atoms with van der Waals surface area (Å²) >= 11 is 0. The van der Waals surface area contributed by atoms with E-state index in [0.717, 1.165) is 29.3 Å². The summed E-state index contributed by atoms with van der Waals surface area (Å²) in [4.78, 5) is 19.1. The summed E-state index contributed by atoms with van der Waals surface area (Å²) in [6, 6.07) is 0. The Hall–Kier alpha value is -2.22. The van der Waals surface area contributed by atoms with Gasteiger partial charge in [-0.15, -0.1) is 0 Å². The summed E-state index contributed by atoms with van der Waals surface area (Å²) in [5.41, 5.74) is 1.87. The van der Waals surface area contributed by atoms with Crippen molar-refractivity contribution in [3.63, 3.8) is 0 Å². The second-order valence-corrected chi connectivity index (χ2v) is 6.55. The van der Waals surface area contributed by atoms with Crippen molar-refractivity contribution in [3.05, 3.63) is 28.7 Å². The minimum Gasteiger partial charge on any atom is -0.366 e. The van der Waals surface area contributed by atoms with Crippen molar-refractivity contribution in [1.82, 2.24) is 25.2 Å². The molecule has 0 aromatic carbocycles. The van der Waals surface area contributed by atoms with Gasteiger partial charge in [-0.3, -0.25) is 9.89 Å². The standard InChI is InChI=1S/C17H25N5O3/c1-5-15-18-16(20-19-15)14-9-22(6-7-24-14)17(23)10(2)8-13-11(3)21-25-12(13)4/h10,14H,5-9H2,1-4H3,(H,18,19,20)/t10-,14-/m1/s1. The normalized spacial score (nSPS) is 19.2. The van der Waals surface area contributed by atoms with Crippen LogP contribution >= 0.6 is 0 Å². The number of aromatic nitrogens is 4. The van der Waals surface area contributed by atoms with Crippen molar-refractivity contribution in [2.75, 3.05) is 19.7 Å². The molecular formula is C17H25N5O3. The summed E-state index contributed by atoms with van der Waals surface area (Å²) in [6.07, 6.45) is 1.14. The summed E-state index contributed by atoms with van der Waals surface area (Å²) in [7, 11) is 0. The lowest BCUT2D eigenvalue weighted by atomic mass is 9.98. The molecule has 25 heavy (non-hydrogen) atoms. The van der Waals surface area contributed by atoms with Gasteiger partial charge in [-0.2, -0.15) is 5.10 Å². The van der Waals surface area contributed by atoms with Crippen LogP contribution in [-0.4, -0.2) is 50.8 Å². The number of carbonyl (C=O) groups is 1. The number of aryl methyl sites for hydroxylation is 3. The van der Waals surface area contributed by atoms with Crippen molar-refractivity contribution in [2.45, 2.75) is 46.6 Å². The van der Waals surface area contributed by atoms with Crippen LogP contribution < -0.4 is 0 Å². The molecule has 1 N–H and O–H groups in total. The predicted octanol–water partition coefficient (Wildman–Crippen LogP) is 1.75. The quantitative estimate of drug-likeness (QED) is 0.885. The van der Waals surface area contributed by atoms with Crippen molar-refractivity contribution in [2.24, 2.45) is 5.92 Å². The van der Waals surface area contributed by atoms with Crippen molar-refractivity contribution in [3.8, 4) is 0 Å². The number of hydrogen-bond acceptors (Lipinski definition) is 6. The van der Waals surface area contributed by atoms with Gasteiger partial charge < -0.3 is 14.2 Å². The molecule has 1 aliphatic heterocycles. The fourth-order valence-corrected chi connectivity index (χ4v) is 3.12. The second kappa shape index (κ2) is 7.35. The maximum absolute atomic E-state index is 12.9. The molecular weight excluding hydrogens is 322 g/mol. The minimum atomic E-state index is -0.277. The van der Waals surface area contributed by atoms with Crippen LogP contribution in [0.25, 0.3) is 0 Å². The Morgan fingerprint density at radius 1 is 1.44 bits per heavy atom. The monoisotopic (exact) mass is 347 g/mol. The van der Waals surface area contributed by atoms with Crippen molar-refractivity contribution >= 4 is 5.91 Å². The Labute approximate surface area is 146 Å². The number of aromatic amines is 1. The number of hydrogen-bond donors (Lipinski definition) is 1. The highest BCUT2D eigenvalue weighted by molar-refractivity contribution is 5.79. The number of amides is 1. The highest BCUT2D eigenvalue weighted by Gasteiger charge is 2.31. The molecule has 2 aromatic rings. The lowest BCUT2D eigenvalue weighted by Crippen LogP contribution is -2.45. The molecule has 2 atom stereocenters. The zero-order valence-corrected chi connectivity index (χ0v) is 15.2. The lowest BCUT2D eigenvalue weighted by molar-refractivity contribution is -0.143. The van der Waals surface area contributed by atoms with E-state index in [4.69, 9.17) is 9.26 Å². The lowest BCUT2D eigenvalue weighted by Gasteiger charge is -2.33. The number of rotatable bonds is 5. The highest BCUT2D eigenvalue weighted by Crippen LogP contribution is 2.23. The van der Waals surface area contributed by atoms with E-state index in [1.807, 2.05) is 32.6 Å². The Bertz CT molecular complexity index is 719. The van der Waals surface area contributed by atoms with Gasteiger partial charge in [0.15, 0.2) is 5.82 Å². The summed E-state index contributed by atoms with van der Waals surface area (Å²) in [5, 5.41) is 11.1. The van der Waals surface area contributed by atoms with E-state index in [1.54, 1.807) is 0 Å². The molecule has 0 aliphatic carbocycles. The first-order valence-corrected chi connectivity index (χ1v) is 8.72. The number of ether oxygens (including phenoxy) is 1. The van der Waals surface area contributed by atoms with Crippen LogP contribution in [0.1, 0.15) is 48.6 Å². The molecule has 0 spiro atoms. The zero-order chi connectivity index (χ0) is 18.0. The molecule has 1 fully saturated rings. The highest BCUT2D eigenvalue weighted by atomic mass is 16.5. The summed E-state index contributed by atoms with van der Waals surface area (Å²) in [6.45, 7) is 9.30. The molecule has 0 radical (unpaired) electrons. The number of carbonyl (C=O) groups excluding carboxylic acids is 1. The summed E-state index contributed by atoms with van der Waals surface area (Å²) in [5.74, 6) is 2.19. The van der Waals surface area contributed by atoms with Crippen LogP contribution in [0.15, 0.2) is 4.52 Å². The van der Waals surface area contributed by atoms with Gasteiger partial charge in [0.2, 0.25) is 5.91 Å². The molecule has 136 valence electrons. The molecule has 1 amide bonds. The molecule has 3 rings (SSSR count). The molecule has 0 bridgehead atoms. The zero-order valence-electron chi connectivity index (χ0n) is 15.2. The van der Waals surface area contributed by atoms with Crippen LogP contribution in [0.5, 0.6) is 0 Å². The molecule has 3 heterocycles. The van der Waals surface area contributed by atoms with E-state index >= 15 is 0 Å². The molecule has 0 unspecified atom stereocenters. The molecule has 0 saturated carbocycles. The average Bonchev–Trinajstić information content (AvgIpc) is 3.23. The van der Waals surface area contributed by atoms with Crippen LogP contribution in [0, 0.1) is 19.8 Å². The second-order valence-electron chi connectivity index (χ2n) is 6.55. The third-order valence-electron chi connectivity index (χ3n) is 4.66. The van der Waals surface area contributed by atoms with Crippen LogP contribution in [-0.2, 0) is 22.4 Å². The van der Waals surface area contributed by atoms with E-state index < -0.39 is 0 Å². The van der Waals surface area contributed by atoms with Crippen LogP contribution in [0.2, 0.25) is 0 Å². The largest absolute Gasteiger partial charge is 0.366 e. The predicted molar refractivity (Wildman–Crippen MR) is 89.9 cm³/mol. The molecule has 1 aliphatic rings. The molecule has 2 aromatic heterocycles. The summed E-state index contributed by atoms with van der Waals surface area (Å²) < 4.78 is 11.0. The third-order valence-corrected chi connectivity index (χ3v) is 4.66. The first kappa shape index (κ1) is 17.6. The van der Waals surface area contributed by atoms with Gasteiger partial charge in [-0.05, 0) is 20.3 Å². The number of morpholine rings is 1. The van der Waals surface area contributed by atoms with Crippen molar-refractivity contribution < 1.29 is 14.1 Å². The van der Waals surface area contributed by atoms with Gasteiger partial charge in [0.05, 0.1) is 18.8 Å². The van der Waals surface area contributed by atoms with Crippen molar-refractivity contribution in [1.29, 1.82) is 0 Å². The molecule has 8 heteroatoms. The van der Waals surface area contributed by atoms with E-state index in [1.165, 1.54) is 0 Å². The SMILES string of the molecule is CCc1nc([C@H]2CN(C(=O)[C@H](C)Cc3c(C)noc3C)CCO2)n[nH]1. The Kier molecular flexibility index (Phi) is 5.17. The third kappa shape index (κ3) is 3.73. The fourth-order valence-electron chi connectivity index (χ4n) is 3.12. The van der Waals surface area contributed by atoms with Gasteiger partial charge in [-0.1, -0.05) is 19.0 Å². The fraction of sp³-hybridized carbons (Fsp3) is 0.647. The minimum absolute atomic E-state index is 0.111. The van der Waals surface area contributed by atoms with E-state index in [0.29, 0.717) is 31.9 Å². The van der Waals surface area contributed by atoms with Gasteiger partial charge >= 0.3 is 0 Å². The smallest absolute Gasteiger partial charge is 0.225 e. The van der Waals surface area contributed by atoms with Gasteiger partial charge in [0.25, 0.3) is 0 Å². The Balaban J connectivity index is 1.65. The number of nitrogens with zero attached hydrogens (tertiary/aromatic N) is 4. The van der Waals surface area contributed by atoms with E-state index in [9.17, 15) is 4.79 Å². The van der Waals surface area contributed by atoms with Crippen LogP contribution in [0.3, 0.4) is 0 Å². The number of H-pyrrole nitrogens is 1. The first-order chi connectivity index (χ1) is 12.0. The van der Waals surface area contributed by atoms with Gasteiger partial charge in [-0.25, -0.2) is 4.98 Å². The van der Waals surface area contributed by atoms with E-state index in [-0.39, 0.29) is 17.9 Å².